The highest BCUT2D eigenvalue weighted by Gasteiger charge is 2.25. The molecule has 43 heavy (non-hydrogen) atoms. The standard InChI is InChI=1S/C32H37ClN6O3S/c1-43-42-41-27-14-12-24(13-15-27)21-34-31(40)28(19-23-8-3-2-4-9-23)36-29-20-30(39-16-5-6-17-39)38-32(37-29)35-22-25-10-7-11-26(33)18-25/h5-7,10-18,20,23,28H,2-4,8-9,19,21-22H2,1H3,(H,34,40)(H2,35,36,37,38). The Bertz CT molecular complexity index is 1450. The fourth-order valence-electron chi connectivity index (χ4n) is 5.25. The van der Waals surface area contributed by atoms with E-state index in [9.17, 15) is 4.79 Å². The molecule has 0 saturated heterocycles. The first-order valence-electron chi connectivity index (χ1n) is 14.6. The number of nitrogens with one attached hydrogen (secondary N) is 3. The summed E-state index contributed by atoms with van der Waals surface area (Å²) in [7, 11) is 0. The smallest absolute Gasteiger partial charge is 0.242 e. The van der Waals surface area contributed by atoms with Crippen molar-refractivity contribution in [1.29, 1.82) is 0 Å². The summed E-state index contributed by atoms with van der Waals surface area (Å²) in [5.74, 6) is 2.75. The van der Waals surface area contributed by atoms with Gasteiger partial charge in [0, 0.05) is 54.9 Å². The summed E-state index contributed by atoms with van der Waals surface area (Å²) in [5, 5.41) is 10.6. The zero-order chi connectivity index (χ0) is 29.9. The van der Waals surface area contributed by atoms with Gasteiger partial charge in [-0.2, -0.15) is 9.97 Å². The van der Waals surface area contributed by atoms with Gasteiger partial charge in [0.2, 0.25) is 11.9 Å². The van der Waals surface area contributed by atoms with Crippen LogP contribution in [0.5, 0.6) is 5.75 Å². The fourth-order valence-corrected chi connectivity index (χ4v) is 5.61. The molecule has 11 heteroatoms. The Labute approximate surface area is 261 Å². The van der Waals surface area contributed by atoms with Crippen LogP contribution >= 0.6 is 23.6 Å². The van der Waals surface area contributed by atoms with E-state index in [2.05, 4.69) is 16.0 Å². The lowest BCUT2D eigenvalue weighted by Crippen LogP contribution is -2.41. The maximum atomic E-state index is 13.6. The van der Waals surface area contributed by atoms with Crippen LogP contribution in [0.4, 0.5) is 11.8 Å². The minimum Gasteiger partial charge on any atom is -0.358 e. The first-order chi connectivity index (χ1) is 21.1. The normalized spacial score (nSPS) is 14.2. The third-order valence-electron chi connectivity index (χ3n) is 7.44. The van der Waals surface area contributed by atoms with E-state index in [4.69, 9.17) is 30.8 Å². The number of rotatable bonds is 14. The van der Waals surface area contributed by atoms with E-state index in [0.717, 1.165) is 42.4 Å². The van der Waals surface area contributed by atoms with Crippen molar-refractivity contribution in [3.05, 3.63) is 95.3 Å². The molecular weight excluding hydrogens is 584 g/mol. The average Bonchev–Trinajstić information content (AvgIpc) is 3.58. The van der Waals surface area contributed by atoms with Crippen LogP contribution in [0.3, 0.4) is 0 Å². The van der Waals surface area contributed by atoms with Crippen LogP contribution < -0.4 is 20.8 Å². The Morgan fingerprint density at radius 2 is 1.79 bits per heavy atom. The van der Waals surface area contributed by atoms with E-state index in [1.165, 1.54) is 19.3 Å². The van der Waals surface area contributed by atoms with Gasteiger partial charge in [0.1, 0.15) is 17.7 Å². The molecule has 1 fully saturated rings. The molecule has 2 aromatic heterocycles. The summed E-state index contributed by atoms with van der Waals surface area (Å²) in [6, 6.07) is 20.4. The van der Waals surface area contributed by atoms with Crippen molar-refractivity contribution in [2.24, 2.45) is 5.92 Å². The number of amides is 1. The molecule has 0 spiro atoms. The van der Waals surface area contributed by atoms with Crippen molar-refractivity contribution >= 4 is 41.3 Å². The molecule has 3 N–H and O–H groups in total. The number of aromatic nitrogens is 3. The zero-order valence-corrected chi connectivity index (χ0v) is 25.7. The predicted octanol–water partition coefficient (Wildman–Crippen LogP) is 7.19. The molecule has 2 heterocycles. The number of hydrogen-bond acceptors (Lipinski definition) is 8. The number of carbonyl (C=O) groups is 1. The Kier molecular flexibility index (Phi) is 11.2. The van der Waals surface area contributed by atoms with Gasteiger partial charge in [-0.25, -0.2) is 0 Å². The summed E-state index contributed by atoms with van der Waals surface area (Å²) in [4.78, 5) is 28.3. The molecule has 1 aliphatic carbocycles. The van der Waals surface area contributed by atoms with E-state index in [1.54, 1.807) is 6.26 Å². The molecule has 1 amide bonds. The van der Waals surface area contributed by atoms with Gasteiger partial charge in [0.15, 0.2) is 5.75 Å². The highest BCUT2D eigenvalue weighted by Crippen LogP contribution is 2.29. The highest BCUT2D eigenvalue weighted by atomic mass is 35.5. The molecule has 226 valence electrons. The van der Waals surface area contributed by atoms with E-state index < -0.39 is 6.04 Å². The molecule has 0 bridgehead atoms. The zero-order valence-electron chi connectivity index (χ0n) is 24.2. The van der Waals surface area contributed by atoms with Crippen LogP contribution in [0.15, 0.2) is 79.1 Å². The van der Waals surface area contributed by atoms with Crippen LogP contribution in [0, 0.1) is 5.92 Å². The molecule has 4 aromatic rings. The second-order valence-electron chi connectivity index (χ2n) is 10.6. The van der Waals surface area contributed by atoms with E-state index in [-0.39, 0.29) is 5.91 Å². The van der Waals surface area contributed by atoms with Crippen molar-refractivity contribution in [3.8, 4) is 11.6 Å². The topological polar surface area (TPSA) is 102 Å². The first kappa shape index (κ1) is 30.7. The summed E-state index contributed by atoms with van der Waals surface area (Å²) in [6.07, 6.45) is 12.3. The SMILES string of the molecule is CSOOc1ccc(CNC(=O)C(CC2CCCCC2)Nc2cc(-n3cccc3)nc(NCc3cccc(Cl)c3)n2)cc1. The molecule has 1 unspecified atom stereocenters. The van der Waals surface area contributed by atoms with Crippen molar-refractivity contribution < 1.29 is 14.0 Å². The van der Waals surface area contributed by atoms with Crippen LogP contribution in [0.1, 0.15) is 49.7 Å². The van der Waals surface area contributed by atoms with Gasteiger partial charge in [0.05, 0.1) is 0 Å². The lowest BCUT2D eigenvalue weighted by molar-refractivity contribution is -0.122. The van der Waals surface area contributed by atoms with Gasteiger partial charge in [-0.3, -0.25) is 4.79 Å². The highest BCUT2D eigenvalue weighted by molar-refractivity contribution is 7.93. The molecule has 0 radical (unpaired) electrons. The Morgan fingerprint density at radius 3 is 2.53 bits per heavy atom. The first-order valence-corrected chi connectivity index (χ1v) is 16.1. The predicted molar refractivity (Wildman–Crippen MR) is 172 cm³/mol. The lowest BCUT2D eigenvalue weighted by atomic mass is 9.84. The maximum absolute atomic E-state index is 13.6. The van der Waals surface area contributed by atoms with Gasteiger partial charge < -0.3 is 25.4 Å². The number of carbonyl (C=O) groups excluding carboxylic acids is 1. The Balaban J connectivity index is 1.32. The summed E-state index contributed by atoms with van der Waals surface area (Å²) in [6.45, 7) is 0.907. The molecule has 1 saturated carbocycles. The van der Waals surface area contributed by atoms with Gasteiger partial charge in [-0.1, -0.05) is 68.0 Å². The van der Waals surface area contributed by atoms with E-state index >= 15 is 0 Å². The monoisotopic (exact) mass is 620 g/mol. The van der Waals surface area contributed by atoms with Gasteiger partial charge >= 0.3 is 0 Å². The second kappa shape index (κ2) is 15.7. The minimum absolute atomic E-state index is 0.0637. The van der Waals surface area contributed by atoms with Gasteiger partial charge in [-0.15, -0.1) is 4.33 Å². The molecule has 1 atom stereocenters. The lowest BCUT2D eigenvalue weighted by Gasteiger charge is -2.27. The number of halogens is 1. The molecule has 2 aromatic carbocycles. The van der Waals surface area contributed by atoms with E-state index in [0.29, 0.717) is 47.4 Å². The van der Waals surface area contributed by atoms with Crippen LogP contribution in [0.25, 0.3) is 5.82 Å². The summed E-state index contributed by atoms with van der Waals surface area (Å²) >= 11 is 7.31. The van der Waals surface area contributed by atoms with Crippen LogP contribution in [-0.2, 0) is 22.2 Å². The maximum Gasteiger partial charge on any atom is 0.242 e. The Hall–Kier alpha value is -3.73. The number of anilines is 2. The van der Waals surface area contributed by atoms with Crippen molar-refractivity contribution in [2.75, 3.05) is 16.9 Å². The number of hydrogen-bond donors (Lipinski definition) is 3. The van der Waals surface area contributed by atoms with Crippen molar-refractivity contribution in [2.45, 2.75) is 57.7 Å². The summed E-state index contributed by atoms with van der Waals surface area (Å²) in [5.41, 5.74) is 1.98. The van der Waals surface area contributed by atoms with Crippen LogP contribution in [-0.4, -0.2) is 32.7 Å². The van der Waals surface area contributed by atoms with Gasteiger partial charge in [-0.05, 0) is 59.9 Å². The number of nitrogens with zero attached hydrogens (tertiary/aromatic N) is 3. The molecule has 0 aliphatic heterocycles. The quantitative estimate of drug-likeness (QED) is 0.0773. The number of benzene rings is 2. The Morgan fingerprint density at radius 1 is 1.00 bits per heavy atom. The third-order valence-corrected chi connectivity index (χ3v) is 7.88. The second-order valence-corrected chi connectivity index (χ2v) is 11.5. The van der Waals surface area contributed by atoms with E-state index in [1.807, 2.05) is 83.7 Å². The largest absolute Gasteiger partial charge is 0.358 e. The molecule has 5 rings (SSSR count). The van der Waals surface area contributed by atoms with Crippen molar-refractivity contribution in [1.82, 2.24) is 19.9 Å². The average molecular weight is 621 g/mol. The van der Waals surface area contributed by atoms with Crippen molar-refractivity contribution in [3.63, 3.8) is 0 Å². The molecule has 9 nitrogen and oxygen atoms in total. The summed E-state index contributed by atoms with van der Waals surface area (Å²) < 4.78 is 6.84. The molecule has 1 aliphatic rings. The minimum atomic E-state index is -0.450. The molecular formula is C32H37ClN6O3S. The fraction of sp³-hybridized carbons (Fsp3) is 0.344. The van der Waals surface area contributed by atoms with Crippen LogP contribution in [0.2, 0.25) is 5.02 Å². The van der Waals surface area contributed by atoms with Gasteiger partial charge in [0.25, 0.3) is 0 Å². The third kappa shape index (κ3) is 9.38.